The molecule has 98 valence electrons. The van der Waals surface area contributed by atoms with Crippen molar-refractivity contribution in [3.05, 3.63) is 78.9 Å². The lowest BCUT2D eigenvalue weighted by Gasteiger charge is -2.13. The lowest BCUT2D eigenvalue weighted by molar-refractivity contribution is 0.593. The van der Waals surface area contributed by atoms with Crippen LogP contribution in [-0.2, 0) is 9.84 Å². The predicted molar refractivity (Wildman–Crippen MR) is 77.9 cm³/mol. The molecule has 0 saturated carbocycles. The normalized spacial score (nSPS) is 12.8. The zero-order chi connectivity index (χ0) is 13.7. The maximum Gasteiger partial charge on any atom is 0.179 e. The van der Waals surface area contributed by atoms with E-state index < -0.39 is 9.84 Å². The van der Waals surface area contributed by atoms with E-state index in [1.54, 1.807) is 36.4 Å². The summed E-state index contributed by atoms with van der Waals surface area (Å²) in [5.74, 6) is -0.142. The van der Waals surface area contributed by atoms with Crippen molar-refractivity contribution in [2.75, 3.05) is 5.75 Å². The van der Waals surface area contributed by atoms with Crippen LogP contribution in [0.1, 0.15) is 11.5 Å². The smallest absolute Gasteiger partial charge is 0.179 e. The van der Waals surface area contributed by atoms with Crippen molar-refractivity contribution in [1.82, 2.24) is 0 Å². The molecular formula is C16H16O2S. The third-order valence-corrected chi connectivity index (χ3v) is 4.80. The van der Waals surface area contributed by atoms with E-state index in [4.69, 9.17) is 0 Å². The van der Waals surface area contributed by atoms with Gasteiger partial charge in [-0.25, -0.2) is 8.42 Å². The van der Waals surface area contributed by atoms with E-state index in [1.807, 2.05) is 30.3 Å². The van der Waals surface area contributed by atoms with Crippen LogP contribution in [0.15, 0.2) is 78.2 Å². The second-order valence-electron chi connectivity index (χ2n) is 4.35. The summed E-state index contributed by atoms with van der Waals surface area (Å²) in [6.45, 7) is 3.75. The summed E-state index contributed by atoms with van der Waals surface area (Å²) < 4.78 is 24.7. The van der Waals surface area contributed by atoms with Gasteiger partial charge in [-0.15, -0.1) is 6.58 Å². The molecule has 0 saturated heterocycles. The van der Waals surface area contributed by atoms with Crippen molar-refractivity contribution in [1.29, 1.82) is 0 Å². The van der Waals surface area contributed by atoms with E-state index in [0.717, 1.165) is 5.56 Å². The van der Waals surface area contributed by atoms with Gasteiger partial charge in [-0.1, -0.05) is 54.6 Å². The Morgan fingerprint density at radius 1 is 0.947 bits per heavy atom. The fraction of sp³-hybridized carbons (Fsp3) is 0.125. The molecule has 2 aromatic carbocycles. The van der Waals surface area contributed by atoms with Gasteiger partial charge < -0.3 is 0 Å². The standard InChI is InChI=1S/C16H16O2S/c1-2-14(15-9-5-3-6-10-15)13-19(17,18)16-11-7-4-8-12-16/h2-12,14H,1,13H2. The number of allylic oxidation sites excluding steroid dienone is 1. The molecule has 0 radical (unpaired) electrons. The quantitative estimate of drug-likeness (QED) is 0.781. The SMILES string of the molecule is C=CC(CS(=O)(=O)c1ccccc1)c1ccccc1. The van der Waals surface area contributed by atoms with Gasteiger partial charge in [0, 0.05) is 5.92 Å². The van der Waals surface area contributed by atoms with Crippen LogP contribution in [0.3, 0.4) is 0 Å². The second kappa shape index (κ2) is 5.85. The molecule has 0 bridgehead atoms. The molecule has 2 rings (SSSR count). The average Bonchev–Trinajstić information content (AvgIpc) is 2.47. The lowest BCUT2D eigenvalue weighted by atomic mass is 10.0. The van der Waals surface area contributed by atoms with E-state index in [-0.39, 0.29) is 11.7 Å². The highest BCUT2D eigenvalue weighted by Gasteiger charge is 2.20. The van der Waals surface area contributed by atoms with Gasteiger partial charge in [-0.2, -0.15) is 0 Å². The Balaban J connectivity index is 2.27. The molecule has 2 nitrogen and oxygen atoms in total. The molecule has 0 heterocycles. The zero-order valence-electron chi connectivity index (χ0n) is 10.6. The summed E-state index contributed by atoms with van der Waals surface area (Å²) in [6, 6.07) is 18.1. The molecule has 19 heavy (non-hydrogen) atoms. The van der Waals surface area contributed by atoms with Crippen LogP contribution in [0.4, 0.5) is 0 Å². The highest BCUT2D eigenvalue weighted by molar-refractivity contribution is 7.91. The maximum absolute atomic E-state index is 12.3. The van der Waals surface area contributed by atoms with Crippen molar-refractivity contribution < 1.29 is 8.42 Å². The van der Waals surface area contributed by atoms with E-state index in [2.05, 4.69) is 6.58 Å². The first-order valence-electron chi connectivity index (χ1n) is 6.09. The van der Waals surface area contributed by atoms with Crippen LogP contribution in [0.5, 0.6) is 0 Å². The highest BCUT2D eigenvalue weighted by Crippen LogP contribution is 2.22. The Labute approximate surface area is 114 Å². The first-order chi connectivity index (χ1) is 9.13. The molecule has 0 spiro atoms. The van der Waals surface area contributed by atoms with Crippen LogP contribution in [0.25, 0.3) is 0 Å². The second-order valence-corrected chi connectivity index (χ2v) is 6.38. The molecule has 0 aliphatic heterocycles. The summed E-state index contributed by atoms with van der Waals surface area (Å²) in [4.78, 5) is 0.359. The molecule has 1 unspecified atom stereocenters. The van der Waals surface area contributed by atoms with Crippen molar-refractivity contribution in [2.45, 2.75) is 10.8 Å². The van der Waals surface area contributed by atoms with Gasteiger partial charge in [0.05, 0.1) is 10.6 Å². The molecule has 0 amide bonds. The summed E-state index contributed by atoms with van der Waals surface area (Å²) in [5.41, 5.74) is 0.969. The fourth-order valence-electron chi connectivity index (χ4n) is 1.96. The van der Waals surface area contributed by atoms with E-state index >= 15 is 0 Å². The minimum absolute atomic E-state index is 0.0462. The van der Waals surface area contributed by atoms with Gasteiger partial charge in [-0.3, -0.25) is 0 Å². The third-order valence-electron chi connectivity index (χ3n) is 3.01. The van der Waals surface area contributed by atoms with Gasteiger partial charge in [0.25, 0.3) is 0 Å². The summed E-state index contributed by atoms with van der Waals surface area (Å²) in [5, 5.41) is 0. The predicted octanol–water partition coefficient (Wildman–Crippen LogP) is 3.43. The molecule has 1 atom stereocenters. The molecule has 0 aromatic heterocycles. The fourth-order valence-corrected chi connectivity index (χ4v) is 3.53. The lowest BCUT2D eigenvalue weighted by Crippen LogP contribution is -2.13. The van der Waals surface area contributed by atoms with Crippen molar-refractivity contribution in [3.8, 4) is 0 Å². The van der Waals surface area contributed by atoms with Crippen molar-refractivity contribution in [3.63, 3.8) is 0 Å². The molecule has 0 aliphatic rings. The van der Waals surface area contributed by atoms with Crippen molar-refractivity contribution in [2.24, 2.45) is 0 Å². The summed E-state index contributed by atoms with van der Waals surface area (Å²) >= 11 is 0. The monoisotopic (exact) mass is 272 g/mol. The number of hydrogen-bond donors (Lipinski definition) is 0. The first kappa shape index (κ1) is 13.6. The first-order valence-corrected chi connectivity index (χ1v) is 7.74. The average molecular weight is 272 g/mol. The summed E-state index contributed by atoms with van der Waals surface area (Å²) in [6.07, 6.45) is 1.69. The largest absolute Gasteiger partial charge is 0.224 e. The molecule has 2 aromatic rings. The Kier molecular flexibility index (Phi) is 4.17. The van der Waals surface area contributed by atoms with Gasteiger partial charge in [-0.05, 0) is 17.7 Å². The van der Waals surface area contributed by atoms with Crippen LogP contribution in [0.2, 0.25) is 0 Å². The molecule has 0 aliphatic carbocycles. The van der Waals surface area contributed by atoms with E-state index in [0.29, 0.717) is 4.90 Å². The number of sulfone groups is 1. The molecule has 0 N–H and O–H groups in total. The molecule has 3 heteroatoms. The Bertz CT molecular complexity index is 631. The number of hydrogen-bond acceptors (Lipinski definition) is 2. The number of benzene rings is 2. The van der Waals surface area contributed by atoms with E-state index in [9.17, 15) is 8.42 Å². The Morgan fingerprint density at radius 3 is 2.00 bits per heavy atom. The minimum Gasteiger partial charge on any atom is -0.224 e. The topological polar surface area (TPSA) is 34.1 Å². The van der Waals surface area contributed by atoms with E-state index in [1.165, 1.54) is 0 Å². The summed E-state index contributed by atoms with van der Waals surface area (Å²) in [7, 11) is -3.29. The Hall–Kier alpha value is -1.87. The van der Waals surface area contributed by atoms with Crippen LogP contribution >= 0.6 is 0 Å². The van der Waals surface area contributed by atoms with Gasteiger partial charge in [0.1, 0.15) is 0 Å². The zero-order valence-corrected chi connectivity index (χ0v) is 11.4. The van der Waals surface area contributed by atoms with Gasteiger partial charge in [0.2, 0.25) is 0 Å². The van der Waals surface area contributed by atoms with Gasteiger partial charge in [0.15, 0.2) is 9.84 Å². The number of rotatable bonds is 5. The van der Waals surface area contributed by atoms with Crippen LogP contribution in [-0.4, -0.2) is 14.2 Å². The highest BCUT2D eigenvalue weighted by atomic mass is 32.2. The van der Waals surface area contributed by atoms with Crippen LogP contribution in [0, 0.1) is 0 Å². The minimum atomic E-state index is -3.29. The molecule has 0 fully saturated rings. The van der Waals surface area contributed by atoms with Crippen LogP contribution < -0.4 is 0 Å². The Morgan fingerprint density at radius 2 is 1.47 bits per heavy atom. The van der Waals surface area contributed by atoms with Crippen molar-refractivity contribution >= 4 is 9.84 Å². The maximum atomic E-state index is 12.3. The molecular weight excluding hydrogens is 256 g/mol. The van der Waals surface area contributed by atoms with Gasteiger partial charge >= 0.3 is 0 Å². The third kappa shape index (κ3) is 3.32.